The molecule has 26 heavy (non-hydrogen) atoms. The van der Waals surface area contributed by atoms with E-state index >= 15 is 0 Å². The van der Waals surface area contributed by atoms with Gasteiger partial charge in [-0.2, -0.15) is 0 Å². The number of benzene rings is 1. The Kier molecular flexibility index (Phi) is 5.31. The number of aromatic nitrogens is 4. The van der Waals surface area contributed by atoms with Crippen molar-refractivity contribution < 1.29 is 4.79 Å². The molecule has 0 unspecified atom stereocenters. The van der Waals surface area contributed by atoms with Gasteiger partial charge in [-0.3, -0.25) is 9.78 Å². The lowest BCUT2D eigenvalue weighted by Crippen LogP contribution is -2.15. The molecule has 0 aliphatic rings. The van der Waals surface area contributed by atoms with Crippen LogP contribution < -0.4 is 5.32 Å². The van der Waals surface area contributed by atoms with Crippen LogP contribution in [0.15, 0.2) is 42.9 Å². The minimum Gasteiger partial charge on any atom is -0.305 e. The SMILES string of the molecule is CCc1cc(C)nc(Cc2ccc(C)c(C(=O)Nc3cnccn3)c2)n1. The Morgan fingerprint density at radius 2 is 1.96 bits per heavy atom. The van der Waals surface area contributed by atoms with Crippen LogP contribution in [0.1, 0.15) is 45.6 Å². The molecule has 0 fully saturated rings. The van der Waals surface area contributed by atoms with Gasteiger partial charge in [0.2, 0.25) is 0 Å². The molecule has 1 N–H and O–H groups in total. The first-order valence-corrected chi connectivity index (χ1v) is 8.55. The molecule has 0 saturated heterocycles. The van der Waals surface area contributed by atoms with Crippen LogP contribution in [0.25, 0.3) is 0 Å². The highest BCUT2D eigenvalue weighted by Crippen LogP contribution is 2.16. The van der Waals surface area contributed by atoms with Gasteiger partial charge in [-0.15, -0.1) is 0 Å². The molecule has 6 heteroatoms. The number of hydrogen-bond donors (Lipinski definition) is 1. The number of hydrogen-bond acceptors (Lipinski definition) is 5. The summed E-state index contributed by atoms with van der Waals surface area (Å²) in [4.78, 5) is 29.7. The van der Waals surface area contributed by atoms with Crippen LogP contribution in [0, 0.1) is 13.8 Å². The summed E-state index contributed by atoms with van der Waals surface area (Å²) >= 11 is 0. The Bertz CT molecular complexity index is 925. The Morgan fingerprint density at radius 1 is 1.12 bits per heavy atom. The van der Waals surface area contributed by atoms with Crippen LogP contribution in [0.5, 0.6) is 0 Å². The second-order valence-corrected chi connectivity index (χ2v) is 6.14. The average molecular weight is 347 g/mol. The third-order valence-corrected chi connectivity index (χ3v) is 4.03. The van der Waals surface area contributed by atoms with E-state index < -0.39 is 0 Å². The van der Waals surface area contributed by atoms with E-state index in [9.17, 15) is 4.79 Å². The number of anilines is 1. The maximum atomic E-state index is 12.6. The number of nitrogens with one attached hydrogen (secondary N) is 1. The molecular formula is C20H21N5O. The van der Waals surface area contributed by atoms with E-state index in [2.05, 4.69) is 32.2 Å². The van der Waals surface area contributed by atoms with Gasteiger partial charge in [-0.1, -0.05) is 19.1 Å². The zero-order valence-electron chi connectivity index (χ0n) is 15.2. The van der Waals surface area contributed by atoms with Crippen LogP contribution in [0.2, 0.25) is 0 Å². The summed E-state index contributed by atoms with van der Waals surface area (Å²) < 4.78 is 0. The van der Waals surface area contributed by atoms with Crippen LogP contribution in [0.3, 0.4) is 0 Å². The molecule has 0 atom stereocenters. The van der Waals surface area contributed by atoms with Crippen molar-refractivity contribution in [1.82, 2.24) is 19.9 Å². The fourth-order valence-corrected chi connectivity index (χ4v) is 2.71. The second kappa shape index (κ2) is 7.82. The topological polar surface area (TPSA) is 80.7 Å². The first-order chi connectivity index (χ1) is 12.5. The fraction of sp³-hybridized carbons (Fsp3) is 0.250. The first kappa shape index (κ1) is 17.7. The van der Waals surface area contributed by atoms with Gasteiger partial charge in [0.25, 0.3) is 5.91 Å². The summed E-state index contributed by atoms with van der Waals surface area (Å²) in [5.74, 6) is 0.993. The quantitative estimate of drug-likeness (QED) is 0.766. The van der Waals surface area contributed by atoms with Gasteiger partial charge in [0.05, 0.1) is 6.20 Å². The van der Waals surface area contributed by atoms with Crippen molar-refractivity contribution in [3.05, 3.63) is 76.8 Å². The molecular weight excluding hydrogens is 326 g/mol. The van der Waals surface area contributed by atoms with Gasteiger partial charge in [0, 0.05) is 35.8 Å². The number of nitrogens with zero attached hydrogens (tertiary/aromatic N) is 4. The van der Waals surface area contributed by atoms with E-state index in [1.54, 1.807) is 12.4 Å². The van der Waals surface area contributed by atoms with Gasteiger partial charge < -0.3 is 5.32 Å². The molecule has 0 aliphatic carbocycles. The van der Waals surface area contributed by atoms with Crippen LogP contribution in [-0.2, 0) is 12.8 Å². The van der Waals surface area contributed by atoms with Crippen molar-refractivity contribution >= 4 is 11.7 Å². The van der Waals surface area contributed by atoms with Crippen molar-refractivity contribution in [3.8, 4) is 0 Å². The Hall–Kier alpha value is -3.15. The van der Waals surface area contributed by atoms with E-state index in [4.69, 9.17) is 0 Å². The van der Waals surface area contributed by atoms with Gasteiger partial charge in [0.1, 0.15) is 5.82 Å². The third kappa shape index (κ3) is 4.27. The van der Waals surface area contributed by atoms with E-state index in [-0.39, 0.29) is 5.91 Å². The predicted octanol–water partition coefficient (Wildman–Crippen LogP) is 3.29. The van der Waals surface area contributed by atoms with Gasteiger partial charge in [0.15, 0.2) is 5.82 Å². The zero-order valence-corrected chi connectivity index (χ0v) is 15.2. The number of carbonyl (C=O) groups excluding carboxylic acids is 1. The highest BCUT2D eigenvalue weighted by atomic mass is 16.1. The summed E-state index contributed by atoms with van der Waals surface area (Å²) in [5, 5.41) is 2.77. The molecule has 2 heterocycles. The lowest BCUT2D eigenvalue weighted by Gasteiger charge is -2.10. The Morgan fingerprint density at radius 3 is 2.69 bits per heavy atom. The minimum atomic E-state index is -0.204. The van der Waals surface area contributed by atoms with E-state index in [1.165, 1.54) is 6.20 Å². The summed E-state index contributed by atoms with van der Waals surface area (Å²) in [6, 6.07) is 7.83. The van der Waals surface area contributed by atoms with Crippen molar-refractivity contribution in [3.63, 3.8) is 0 Å². The lowest BCUT2D eigenvalue weighted by atomic mass is 10.0. The van der Waals surface area contributed by atoms with Crippen molar-refractivity contribution in [2.75, 3.05) is 5.32 Å². The molecule has 3 rings (SSSR count). The lowest BCUT2D eigenvalue weighted by molar-refractivity contribution is 0.102. The monoisotopic (exact) mass is 347 g/mol. The number of amides is 1. The van der Waals surface area contributed by atoms with Crippen LogP contribution in [-0.4, -0.2) is 25.8 Å². The molecule has 1 aromatic carbocycles. The second-order valence-electron chi connectivity index (χ2n) is 6.14. The smallest absolute Gasteiger partial charge is 0.257 e. The summed E-state index contributed by atoms with van der Waals surface area (Å²) in [6.45, 7) is 5.96. The van der Waals surface area contributed by atoms with Crippen LogP contribution in [0.4, 0.5) is 5.82 Å². The Labute approximate surface area is 152 Å². The summed E-state index contributed by atoms with van der Waals surface area (Å²) in [7, 11) is 0. The molecule has 0 radical (unpaired) electrons. The van der Waals surface area contributed by atoms with Gasteiger partial charge >= 0.3 is 0 Å². The number of rotatable bonds is 5. The molecule has 0 aliphatic heterocycles. The standard InChI is InChI=1S/C20H21N5O/c1-4-16-9-14(3)23-18(24-16)11-15-6-5-13(2)17(10-15)20(26)25-19-12-21-7-8-22-19/h5-10,12H,4,11H2,1-3H3,(H,22,25,26). The number of aryl methyl sites for hydroxylation is 3. The highest BCUT2D eigenvalue weighted by molar-refractivity contribution is 6.04. The van der Waals surface area contributed by atoms with E-state index in [1.807, 2.05) is 38.1 Å². The van der Waals surface area contributed by atoms with Crippen LogP contribution >= 0.6 is 0 Å². The van der Waals surface area contributed by atoms with Gasteiger partial charge in [-0.25, -0.2) is 15.0 Å². The predicted molar refractivity (Wildman–Crippen MR) is 100 cm³/mol. The third-order valence-electron chi connectivity index (χ3n) is 4.03. The van der Waals surface area contributed by atoms with E-state index in [0.717, 1.165) is 34.8 Å². The maximum absolute atomic E-state index is 12.6. The molecule has 6 nitrogen and oxygen atoms in total. The molecule has 2 aromatic heterocycles. The largest absolute Gasteiger partial charge is 0.305 e. The summed E-state index contributed by atoms with van der Waals surface area (Å²) in [6.07, 6.45) is 6.08. The highest BCUT2D eigenvalue weighted by Gasteiger charge is 2.12. The molecule has 3 aromatic rings. The molecule has 0 saturated carbocycles. The average Bonchev–Trinajstić information content (AvgIpc) is 2.63. The van der Waals surface area contributed by atoms with E-state index in [0.29, 0.717) is 17.8 Å². The maximum Gasteiger partial charge on any atom is 0.257 e. The minimum absolute atomic E-state index is 0.204. The first-order valence-electron chi connectivity index (χ1n) is 8.55. The Balaban J connectivity index is 1.83. The molecule has 0 bridgehead atoms. The molecule has 132 valence electrons. The fourth-order valence-electron chi connectivity index (χ4n) is 2.71. The number of carbonyl (C=O) groups is 1. The zero-order chi connectivity index (χ0) is 18.5. The molecule has 1 amide bonds. The van der Waals surface area contributed by atoms with Gasteiger partial charge in [-0.05, 0) is 43.5 Å². The van der Waals surface area contributed by atoms with Crippen molar-refractivity contribution in [2.24, 2.45) is 0 Å². The van der Waals surface area contributed by atoms with Crippen molar-refractivity contribution in [2.45, 2.75) is 33.6 Å². The normalized spacial score (nSPS) is 10.6. The summed E-state index contributed by atoms with van der Waals surface area (Å²) in [5.41, 5.74) is 4.48. The molecule has 0 spiro atoms. The van der Waals surface area contributed by atoms with Crippen molar-refractivity contribution in [1.29, 1.82) is 0 Å².